The van der Waals surface area contributed by atoms with Crippen molar-refractivity contribution in [1.82, 2.24) is 0 Å². The van der Waals surface area contributed by atoms with Crippen LogP contribution in [0, 0.1) is 18.8 Å². The molecule has 2 rings (SSSR count). The van der Waals surface area contributed by atoms with Crippen molar-refractivity contribution in [2.75, 3.05) is 0 Å². The average Bonchev–Trinajstić information content (AvgIpc) is 2.87. The van der Waals surface area contributed by atoms with Gasteiger partial charge in [0.25, 0.3) is 0 Å². The molecule has 0 saturated heterocycles. The summed E-state index contributed by atoms with van der Waals surface area (Å²) in [6, 6.07) is 3.60. The van der Waals surface area contributed by atoms with Crippen LogP contribution in [-0.2, 0) is 0 Å². The Hall–Kier alpha value is -1.42. The molecule has 0 heterocycles. The maximum absolute atomic E-state index is 9.48. The third-order valence-corrected chi connectivity index (χ3v) is 2.62. The first-order chi connectivity index (χ1) is 6.72. The van der Waals surface area contributed by atoms with E-state index in [-0.39, 0.29) is 0 Å². The summed E-state index contributed by atoms with van der Waals surface area (Å²) in [6.45, 7) is 3.88. The van der Waals surface area contributed by atoms with Crippen LogP contribution in [0.25, 0.3) is 0 Å². The van der Waals surface area contributed by atoms with Crippen molar-refractivity contribution in [1.29, 1.82) is 0 Å². The van der Waals surface area contributed by atoms with Gasteiger partial charge in [0, 0.05) is 5.56 Å². The zero-order chi connectivity index (χ0) is 10.1. The van der Waals surface area contributed by atoms with E-state index < -0.39 is 0 Å². The molecular weight excluding hydrogens is 172 g/mol. The Labute approximate surface area is 84.8 Å². The van der Waals surface area contributed by atoms with Crippen LogP contribution in [0.15, 0.2) is 12.1 Å². The molecule has 72 valence electrons. The van der Waals surface area contributed by atoms with Crippen LogP contribution >= 0.6 is 0 Å². The van der Waals surface area contributed by atoms with Gasteiger partial charge in [-0.1, -0.05) is 5.92 Å². The van der Waals surface area contributed by atoms with Gasteiger partial charge in [-0.2, -0.15) is 0 Å². The Kier molecular flexibility index (Phi) is 2.21. The van der Waals surface area contributed by atoms with E-state index in [1.807, 2.05) is 19.9 Å². The van der Waals surface area contributed by atoms with Gasteiger partial charge in [-0.3, -0.25) is 0 Å². The first-order valence-corrected chi connectivity index (χ1v) is 4.98. The minimum Gasteiger partial charge on any atom is -0.508 e. The van der Waals surface area contributed by atoms with Gasteiger partial charge in [-0.25, -0.2) is 0 Å². The van der Waals surface area contributed by atoms with Crippen LogP contribution in [-0.4, -0.2) is 5.11 Å². The number of aryl methyl sites for hydroxylation is 1. The molecule has 1 N–H and O–H groups in total. The van der Waals surface area contributed by atoms with Gasteiger partial charge in [-0.15, -0.1) is 5.92 Å². The van der Waals surface area contributed by atoms with Gasteiger partial charge in [0.1, 0.15) is 5.75 Å². The van der Waals surface area contributed by atoms with Crippen LogP contribution in [0.4, 0.5) is 0 Å². The molecule has 1 nitrogen and oxygen atoms in total. The predicted molar refractivity (Wildman–Crippen MR) is 57.4 cm³/mol. The molecule has 1 aromatic rings. The van der Waals surface area contributed by atoms with E-state index in [0.29, 0.717) is 11.7 Å². The second-order valence-electron chi connectivity index (χ2n) is 3.87. The Morgan fingerprint density at radius 1 is 1.36 bits per heavy atom. The van der Waals surface area contributed by atoms with E-state index in [0.717, 1.165) is 5.56 Å². The third kappa shape index (κ3) is 1.61. The van der Waals surface area contributed by atoms with Gasteiger partial charge >= 0.3 is 0 Å². The monoisotopic (exact) mass is 186 g/mol. The Bertz CT molecular complexity index is 417. The Balaban J connectivity index is 2.56. The summed E-state index contributed by atoms with van der Waals surface area (Å²) < 4.78 is 0. The minimum absolute atomic E-state index is 0.324. The van der Waals surface area contributed by atoms with E-state index in [4.69, 9.17) is 0 Å². The van der Waals surface area contributed by atoms with E-state index in [2.05, 4.69) is 11.8 Å². The summed E-state index contributed by atoms with van der Waals surface area (Å²) in [7, 11) is 0. The number of hydrogen-bond acceptors (Lipinski definition) is 1. The first-order valence-electron chi connectivity index (χ1n) is 4.98. The number of rotatable bonds is 1. The zero-order valence-corrected chi connectivity index (χ0v) is 8.59. The lowest BCUT2D eigenvalue weighted by Gasteiger charge is -2.08. The first kappa shape index (κ1) is 9.15. The number of benzene rings is 1. The van der Waals surface area contributed by atoms with Gasteiger partial charge in [-0.05, 0) is 55.9 Å². The smallest absolute Gasteiger partial charge is 0.117 e. The van der Waals surface area contributed by atoms with Crippen molar-refractivity contribution in [3.05, 3.63) is 28.8 Å². The highest BCUT2D eigenvalue weighted by atomic mass is 16.3. The fourth-order valence-corrected chi connectivity index (χ4v) is 1.93. The SMILES string of the molecule is CC#Cc1cc(O)cc(C)c1C1CC1. The summed E-state index contributed by atoms with van der Waals surface area (Å²) in [6.07, 6.45) is 2.54. The quantitative estimate of drug-likeness (QED) is 0.668. The average molecular weight is 186 g/mol. The number of aromatic hydroxyl groups is 1. The topological polar surface area (TPSA) is 20.2 Å². The molecule has 0 atom stereocenters. The molecule has 0 radical (unpaired) electrons. The van der Waals surface area contributed by atoms with Crippen molar-refractivity contribution in [2.45, 2.75) is 32.6 Å². The van der Waals surface area contributed by atoms with Gasteiger partial charge < -0.3 is 5.11 Å². The van der Waals surface area contributed by atoms with Gasteiger partial charge in [0.15, 0.2) is 0 Å². The van der Waals surface area contributed by atoms with E-state index in [9.17, 15) is 5.11 Å². The number of phenols is 1. The molecule has 0 unspecified atom stereocenters. The van der Waals surface area contributed by atoms with Crippen molar-refractivity contribution in [3.63, 3.8) is 0 Å². The summed E-state index contributed by atoms with van der Waals surface area (Å²) in [5.41, 5.74) is 3.52. The molecule has 0 aromatic heterocycles. The minimum atomic E-state index is 0.324. The van der Waals surface area contributed by atoms with E-state index in [1.165, 1.54) is 24.0 Å². The molecular formula is C13H14O. The predicted octanol–water partition coefficient (Wildman–Crippen LogP) is 2.95. The molecule has 14 heavy (non-hydrogen) atoms. The van der Waals surface area contributed by atoms with E-state index >= 15 is 0 Å². The number of hydrogen-bond donors (Lipinski definition) is 1. The standard InChI is InChI=1S/C13H14O/c1-3-4-11-8-12(14)7-9(2)13(11)10-5-6-10/h7-8,10,14H,5-6H2,1-2H3. The van der Waals surface area contributed by atoms with E-state index in [1.54, 1.807) is 6.07 Å². The molecule has 1 aliphatic rings. The van der Waals surface area contributed by atoms with Crippen LogP contribution in [0.1, 0.15) is 42.4 Å². The highest BCUT2D eigenvalue weighted by molar-refractivity contribution is 5.52. The van der Waals surface area contributed by atoms with Gasteiger partial charge in [0.2, 0.25) is 0 Å². The summed E-state index contributed by atoms with van der Waals surface area (Å²) in [4.78, 5) is 0. The number of phenolic OH excluding ortho intramolecular Hbond substituents is 1. The van der Waals surface area contributed by atoms with Gasteiger partial charge in [0.05, 0.1) is 0 Å². The molecule has 0 bridgehead atoms. The molecule has 1 aliphatic carbocycles. The lowest BCUT2D eigenvalue weighted by Crippen LogP contribution is -1.91. The third-order valence-electron chi connectivity index (χ3n) is 2.62. The van der Waals surface area contributed by atoms with Crippen LogP contribution in [0.5, 0.6) is 5.75 Å². The second-order valence-corrected chi connectivity index (χ2v) is 3.87. The molecule has 1 heteroatoms. The summed E-state index contributed by atoms with van der Waals surface area (Å²) in [5.74, 6) is 6.98. The van der Waals surface area contributed by atoms with Crippen molar-refractivity contribution >= 4 is 0 Å². The molecule has 1 fully saturated rings. The normalized spacial score (nSPS) is 14.7. The van der Waals surface area contributed by atoms with Crippen molar-refractivity contribution in [3.8, 4) is 17.6 Å². The van der Waals surface area contributed by atoms with Crippen LogP contribution in [0.2, 0.25) is 0 Å². The van der Waals surface area contributed by atoms with Crippen molar-refractivity contribution in [2.24, 2.45) is 0 Å². The lowest BCUT2D eigenvalue weighted by atomic mass is 9.97. The Morgan fingerprint density at radius 3 is 2.64 bits per heavy atom. The maximum atomic E-state index is 9.48. The zero-order valence-electron chi connectivity index (χ0n) is 8.59. The van der Waals surface area contributed by atoms with Crippen LogP contribution < -0.4 is 0 Å². The largest absolute Gasteiger partial charge is 0.508 e. The van der Waals surface area contributed by atoms with Crippen LogP contribution in [0.3, 0.4) is 0 Å². The molecule has 1 saturated carbocycles. The lowest BCUT2D eigenvalue weighted by molar-refractivity contribution is 0.474. The maximum Gasteiger partial charge on any atom is 0.117 e. The Morgan fingerprint density at radius 2 is 2.07 bits per heavy atom. The summed E-state index contributed by atoms with van der Waals surface area (Å²) >= 11 is 0. The molecule has 0 aliphatic heterocycles. The second kappa shape index (κ2) is 3.38. The summed E-state index contributed by atoms with van der Waals surface area (Å²) in [5, 5.41) is 9.48. The highest BCUT2D eigenvalue weighted by Gasteiger charge is 2.27. The molecule has 1 aromatic carbocycles. The molecule has 0 amide bonds. The fraction of sp³-hybridized carbons (Fsp3) is 0.385. The fourth-order valence-electron chi connectivity index (χ4n) is 1.93. The molecule has 0 spiro atoms. The van der Waals surface area contributed by atoms with Crippen molar-refractivity contribution < 1.29 is 5.11 Å². The highest BCUT2D eigenvalue weighted by Crippen LogP contribution is 2.43.